The summed E-state index contributed by atoms with van der Waals surface area (Å²) >= 11 is 1.92. The van der Waals surface area contributed by atoms with E-state index in [2.05, 4.69) is 43.3 Å². The third-order valence-electron chi connectivity index (χ3n) is 2.08. The number of thioether (sulfide) groups is 1. The molecular weight excluding hydrogens is 204 g/mol. The molecule has 84 valence electrons. The SMILES string of the molecule is CCSC1=CC(C=CCCN)=CN(C)C1. The lowest BCUT2D eigenvalue weighted by Crippen LogP contribution is -2.17. The second kappa shape index (κ2) is 6.75. The monoisotopic (exact) mass is 224 g/mol. The summed E-state index contributed by atoms with van der Waals surface area (Å²) in [6.07, 6.45) is 9.67. The molecule has 1 aliphatic rings. The normalized spacial score (nSPS) is 16.9. The van der Waals surface area contributed by atoms with Crippen LogP contribution in [0, 0.1) is 0 Å². The Morgan fingerprint density at radius 3 is 3.07 bits per heavy atom. The highest BCUT2D eigenvalue weighted by molar-refractivity contribution is 8.03. The number of nitrogens with zero attached hydrogens (tertiary/aromatic N) is 1. The van der Waals surface area contributed by atoms with Gasteiger partial charge in [0.2, 0.25) is 0 Å². The largest absolute Gasteiger partial charge is 0.375 e. The quantitative estimate of drug-likeness (QED) is 0.777. The van der Waals surface area contributed by atoms with Gasteiger partial charge in [0.05, 0.1) is 0 Å². The van der Waals surface area contributed by atoms with Crippen LogP contribution in [0.5, 0.6) is 0 Å². The van der Waals surface area contributed by atoms with Crippen molar-refractivity contribution < 1.29 is 0 Å². The van der Waals surface area contributed by atoms with Crippen molar-refractivity contribution >= 4 is 11.8 Å². The molecule has 2 N–H and O–H groups in total. The average molecular weight is 224 g/mol. The van der Waals surface area contributed by atoms with E-state index in [0.29, 0.717) is 0 Å². The van der Waals surface area contributed by atoms with Crippen LogP contribution in [0.2, 0.25) is 0 Å². The highest BCUT2D eigenvalue weighted by atomic mass is 32.2. The summed E-state index contributed by atoms with van der Waals surface area (Å²) in [5.41, 5.74) is 6.72. The molecule has 0 saturated carbocycles. The molecule has 0 aromatic heterocycles. The van der Waals surface area contributed by atoms with Crippen LogP contribution in [-0.4, -0.2) is 30.8 Å². The Labute approximate surface area is 96.9 Å². The van der Waals surface area contributed by atoms with E-state index in [-0.39, 0.29) is 0 Å². The van der Waals surface area contributed by atoms with Crippen LogP contribution in [0.4, 0.5) is 0 Å². The Kier molecular flexibility index (Phi) is 5.58. The first kappa shape index (κ1) is 12.4. The highest BCUT2D eigenvalue weighted by Crippen LogP contribution is 2.23. The van der Waals surface area contributed by atoms with Crippen molar-refractivity contribution in [1.82, 2.24) is 4.90 Å². The molecule has 0 aromatic rings. The number of hydrogen-bond donors (Lipinski definition) is 1. The summed E-state index contributed by atoms with van der Waals surface area (Å²) < 4.78 is 0. The molecule has 0 fully saturated rings. The molecule has 0 amide bonds. The molecule has 0 aliphatic carbocycles. The molecule has 0 spiro atoms. The molecule has 1 aliphatic heterocycles. The molecular formula is C12H20N2S. The van der Waals surface area contributed by atoms with Gasteiger partial charge in [-0.15, -0.1) is 11.8 Å². The molecule has 3 heteroatoms. The van der Waals surface area contributed by atoms with Crippen LogP contribution < -0.4 is 5.73 Å². The van der Waals surface area contributed by atoms with Crippen LogP contribution in [-0.2, 0) is 0 Å². The second-order valence-corrected chi connectivity index (χ2v) is 4.96. The molecule has 0 saturated heterocycles. The zero-order valence-corrected chi connectivity index (χ0v) is 10.4. The van der Waals surface area contributed by atoms with Crippen LogP contribution >= 0.6 is 11.8 Å². The van der Waals surface area contributed by atoms with E-state index in [0.717, 1.165) is 25.3 Å². The summed E-state index contributed by atoms with van der Waals surface area (Å²) in [6, 6.07) is 0. The lowest BCUT2D eigenvalue weighted by atomic mass is 10.2. The zero-order chi connectivity index (χ0) is 11.1. The van der Waals surface area contributed by atoms with Gasteiger partial charge in [-0.1, -0.05) is 19.1 Å². The Morgan fingerprint density at radius 2 is 2.40 bits per heavy atom. The van der Waals surface area contributed by atoms with Crippen molar-refractivity contribution in [2.45, 2.75) is 13.3 Å². The Hall–Kier alpha value is -0.670. The average Bonchev–Trinajstić information content (AvgIpc) is 2.18. The van der Waals surface area contributed by atoms with Crippen LogP contribution in [0.3, 0.4) is 0 Å². The van der Waals surface area contributed by atoms with Crippen LogP contribution in [0.25, 0.3) is 0 Å². The van der Waals surface area contributed by atoms with Crippen molar-refractivity contribution in [3.63, 3.8) is 0 Å². The van der Waals surface area contributed by atoms with Gasteiger partial charge in [0, 0.05) is 24.7 Å². The van der Waals surface area contributed by atoms with Gasteiger partial charge in [-0.2, -0.15) is 0 Å². The molecule has 2 nitrogen and oxygen atoms in total. The predicted octanol–water partition coefficient (Wildman–Crippen LogP) is 2.36. The second-order valence-electron chi connectivity index (χ2n) is 3.57. The Balaban J connectivity index is 2.61. The van der Waals surface area contributed by atoms with Gasteiger partial charge in [0.1, 0.15) is 0 Å². The summed E-state index contributed by atoms with van der Waals surface area (Å²) in [5.74, 6) is 1.14. The number of likely N-dealkylation sites (N-methyl/N-ethyl adjacent to an activating group) is 1. The maximum absolute atomic E-state index is 5.45. The van der Waals surface area contributed by atoms with E-state index in [1.165, 1.54) is 10.5 Å². The van der Waals surface area contributed by atoms with Crippen molar-refractivity contribution in [1.29, 1.82) is 0 Å². The highest BCUT2D eigenvalue weighted by Gasteiger charge is 2.06. The Bertz CT molecular complexity index is 279. The molecule has 1 rings (SSSR count). The fourth-order valence-electron chi connectivity index (χ4n) is 1.49. The van der Waals surface area contributed by atoms with E-state index in [1.807, 2.05) is 11.8 Å². The lowest BCUT2D eigenvalue weighted by Gasteiger charge is -2.21. The molecule has 0 aromatic carbocycles. The van der Waals surface area contributed by atoms with Gasteiger partial charge < -0.3 is 10.6 Å². The van der Waals surface area contributed by atoms with Crippen LogP contribution in [0.1, 0.15) is 13.3 Å². The van der Waals surface area contributed by atoms with Gasteiger partial charge in [-0.3, -0.25) is 0 Å². The molecule has 0 unspecified atom stereocenters. The lowest BCUT2D eigenvalue weighted by molar-refractivity contribution is 0.498. The van der Waals surface area contributed by atoms with E-state index < -0.39 is 0 Å². The van der Waals surface area contributed by atoms with Gasteiger partial charge in [0.25, 0.3) is 0 Å². The minimum absolute atomic E-state index is 0.722. The van der Waals surface area contributed by atoms with E-state index in [1.54, 1.807) is 0 Å². The van der Waals surface area contributed by atoms with E-state index in [4.69, 9.17) is 5.73 Å². The minimum Gasteiger partial charge on any atom is -0.375 e. The van der Waals surface area contributed by atoms with Crippen molar-refractivity contribution in [3.8, 4) is 0 Å². The smallest absolute Gasteiger partial charge is 0.0480 e. The number of rotatable bonds is 5. The van der Waals surface area contributed by atoms with Crippen molar-refractivity contribution in [2.24, 2.45) is 5.73 Å². The van der Waals surface area contributed by atoms with Gasteiger partial charge in [-0.05, 0) is 30.4 Å². The van der Waals surface area contributed by atoms with Crippen molar-refractivity contribution in [2.75, 3.05) is 25.9 Å². The summed E-state index contributed by atoms with van der Waals surface area (Å²) in [5, 5.41) is 0. The maximum atomic E-state index is 5.45. The molecule has 0 bridgehead atoms. The summed E-state index contributed by atoms with van der Waals surface area (Å²) in [6.45, 7) is 3.94. The first-order chi connectivity index (χ1) is 7.26. The first-order valence-electron chi connectivity index (χ1n) is 5.38. The molecule has 1 heterocycles. The van der Waals surface area contributed by atoms with Crippen LogP contribution in [0.15, 0.2) is 34.9 Å². The maximum Gasteiger partial charge on any atom is 0.0480 e. The third kappa shape index (κ3) is 4.58. The summed E-state index contributed by atoms with van der Waals surface area (Å²) in [4.78, 5) is 3.66. The number of allylic oxidation sites excluding steroid dienone is 3. The molecule has 15 heavy (non-hydrogen) atoms. The Morgan fingerprint density at radius 1 is 1.60 bits per heavy atom. The number of hydrogen-bond acceptors (Lipinski definition) is 3. The van der Waals surface area contributed by atoms with Gasteiger partial charge >= 0.3 is 0 Å². The predicted molar refractivity (Wildman–Crippen MR) is 69.7 cm³/mol. The summed E-state index contributed by atoms with van der Waals surface area (Å²) in [7, 11) is 2.11. The van der Waals surface area contributed by atoms with Gasteiger partial charge in [0.15, 0.2) is 0 Å². The third-order valence-corrected chi connectivity index (χ3v) is 2.98. The number of nitrogens with two attached hydrogens (primary N) is 1. The van der Waals surface area contributed by atoms with E-state index >= 15 is 0 Å². The van der Waals surface area contributed by atoms with Gasteiger partial charge in [-0.25, -0.2) is 0 Å². The fraction of sp³-hybridized carbons (Fsp3) is 0.500. The van der Waals surface area contributed by atoms with E-state index in [9.17, 15) is 0 Å². The first-order valence-corrected chi connectivity index (χ1v) is 6.37. The molecule has 0 radical (unpaired) electrons. The standard InChI is InChI=1S/C12H20N2S/c1-3-15-12-8-11(6-4-5-7-13)9-14(2)10-12/h4,6,8-9H,3,5,7,10,13H2,1-2H3. The van der Waals surface area contributed by atoms with Crippen molar-refractivity contribution in [3.05, 3.63) is 34.9 Å². The zero-order valence-electron chi connectivity index (χ0n) is 9.57. The fourth-order valence-corrected chi connectivity index (χ4v) is 2.38. The molecule has 0 atom stereocenters. The minimum atomic E-state index is 0.722. The topological polar surface area (TPSA) is 29.3 Å².